The Bertz CT molecular complexity index is 411. The van der Waals surface area contributed by atoms with Crippen LogP contribution in [0.15, 0.2) is 18.2 Å². The van der Waals surface area contributed by atoms with E-state index in [9.17, 15) is 10.1 Å². The van der Waals surface area contributed by atoms with Gasteiger partial charge in [-0.15, -0.1) is 0 Å². The third-order valence-electron chi connectivity index (χ3n) is 1.68. The van der Waals surface area contributed by atoms with Gasteiger partial charge in [-0.25, -0.2) is 0 Å². The Hall–Kier alpha value is -2.13. The molecule has 0 fully saturated rings. The largest absolute Gasteiger partial charge is 0.508 e. The van der Waals surface area contributed by atoms with E-state index in [1.165, 1.54) is 6.07 Å². The van der Waals surface area contributed by atoms with Crippen LogP contribution in [0.25, 0.3) is 0 Å². The highest BCUT2D eigenvalue weighted by Gasteiger charge is 2.19. The highest BCUT2D eigenvalue weighted by molar-refractivity contribution is 5.48. The Balaban J connectivity index is 3.31. The number of phenols is 1. The summed E-state index contributed by atoms with van der Waals surface area (Å²) >= 11 is 0. The first kappa shape index (κ1) is 9.95. The Morgan fingerprint density at radius 3 is 2.79 bits per heavy atom. The SMILES string of the molecule is N#C[C@@H](N)c1cc(O)ccc1[N+](=O)[O-]. The number of phenolic OH excluding ortho intramolecular Hbond substituents is 1. The summed E-state index contributed by atoms with van der Waals surface area (Å²) < 4.78 is 0. The van der Waals surface area contributed by atoms with Gasteiger partial charge in [-0.05, 0) is 12.1 Å². The predicted octanol–water partition coefficient (Wildman–Crippen LogP) is 0.824. The molecule has 72 valence electrons. The van der Waals surface area contributed by atoms with Crippen molar-refractivity contribution in [3.63, 3.8) is 0 Å². The molecular formula is C8H7N3O3. The Morgan fingerprint density at radius 1 is 1.64 bits per heavy atom. The first-order valence-corrected chi connectivity index (χ1v) is 3.68. The Kier molecular flexibility index (Phi) is 2.65. The van der Waals surface area contributed by atoms with Crippen molar-refractivity contribution in [2.24, 2.45) is 5.73 Å². The maximum absolute atomic E-state index is 10.5. The fourth-order valence-corrected chi connectivity index (χ4v) is 1.03. The number of nitrogens with two attached hydrogens (primary N) is 1. The maximum atomic E-state index is 10.5. The molecule has 14 heavy (non-hydrogen) atoms. The van der Waals surface area contributed by atoms with Crippen LogP contribution in [0.4, 0.5) is 5.69 Å². The lowest BCUT2D eigenvalue weighted by Crippen LogP contribution is -2.09. The minimum absolute atomic E-state index is 0.0116. The number of hydrogen-bond donors (Lipinski definition) is 2. The summed E-state index contributed by atoms with van der Waals surface area (Å²) in [4.78, 5) is 9.87. The third-order valence-corrected chi connectivity index (χ3v) is 1.68. The highest BCUT2D eigenvalue weighted by Crippen LogP contribution is 2.27. The molecule has 0 aliphatic heterocycles. The van der Waals surface area contributed by atoms with E-state index in [0.29, 0.717) is 0 Å². The van der Waals surface area contributed by atoms with Crippen molar-refractivity contribution >= 4 is 5.69 Å². The lowest BCUT2D eigenvalue weighted by Gasteiger charge is -2.04. The summed E-state index contributed by atoms with van der Waals surface area (Å²) in [6.45, 7) is 0. The highest BCUT2D eigenvalue weighted by atomic mass is 16.6. The van der Waals surface area contributed by atoms with Crippen LogP contribution < -0.4 is 5.73 Å². The van der Waals surface area contributed by atoms with Crippen molar-refractivity contribution in [3.05, 3.63) is 33.9 Å². The molecule has 0 saturated carbocycles. The van der Waals surface area contributed by atoms with Crippen LogP contribution >= 0.6 is 0 Å². The minimum atomic E-state index is -1.11. The average Bonchev–Trinajstić information content (AvgIpc) is 2.16. The maximum Gasteiger partial charge on any atom is 0.275 e. The van der Waals surface area contributed by atoms with Crippen LogP contribution in [0.2, 0.25) is 0 Å². The van der Waals surface area contributed by atoms with Crippen LogP contribution in [-0.4, -0.2) is 10.0 Å². The molecule has 0 bridgehead atoms. The fourth-order valence-electron chi connectivity index (χ4n) is 1.03. The van der Waals surface area contributed by atoms with Crippen molar-refractivity contribution in [2.75, 3.05) is 0 Å². The summed E-state index contributed by atoms with van der Waals surface area (Å²) in [6.07, 6.45) is 0. The molecular weight excluding hydrogens is 186 g/mol. The fraction of sp³-hybridized carbons (Fsp3) is 0.125. The molecule has 0 unspecified atom stereocenters. The number of nitro benzene ring substituents is 1. The first-order chi connectivity index (χ1) is 6.56. The van der Waals surface area contributed by atoms with Gasteiger partial charge in [-0.1, -0.05) is 0 Å². The lowest BCUT2D eigenvalue weighted by molar-refractivity contribution is -0.385. The van der Waals surface area contributed by atoms with Crippen LogP contribution in [0.1, 0.15) is 11.6 Å². The molecule has 0 aromatic heterocycles. The van der Waals surface area contributed by atoms with Gasteiger partial charge in [-0.3, -0.25) is 10.1 Å². The van der Waals surface area contributed by atoms with Gasteiger partial charge < -0.3 is 10.8 Å². The average molecular weight is 193 g/mol. The zero-order valence-electron chi connectivity index (χ0n) is 7.04. The van der Waals surface area contributed by atoms with Crippen molar-refractivity contribution in [2.45, 2.75) is 6.04 Å². The number of aromatic hydroxyl groups is 1. The van der Waals surface area contributed by atoms with Crippen molar-refractivity contribution in [1.82, 2.24) is 0 Å². The standard InChI is InChI=1S/C8H7N3O3/c9-4-7(10)6-3-5(12)1-2-8(6)11(13)14/h1-3,7,12H,10H2/t7-/m1/s1. The summed E-state index contributed by atoms with van der Waals surface area (Å²) in [5.74, 6) is -0.156. The number of nitriles is 1. The zero-order valence-corrected chi connectivity index (χ0v) is 7.04. The van der Waals surface area contributed by atoms with Crippen molar-refractivity contribution in [1.29, 1.82) is 5.26 Å². The first-order valence-electron chi connectivity index (χ1n) is 3.68. The molecule has 0 saturated heterocycles. The molecule has 6 heteroatoms. The quantitative estimate of drug-likeness (QED) is 0.533. The summed E-state index contributed by atoms with van der Waals surface area (Å²) in [7, 11) is 0. The topological polar surface area (TPSA) is 113 Å². The molecule has 0 heterocycles. The number of rotatable bonds is 2. The third kappa shape index (κ3) is 1.78. The van der Waals surface area contributed by atoms with Crippen molar-refractivity contribution in [3.8, 4) is 11.8 Å². The molecule has 6 nitrogen and oxygen atoms in total. The van der Waals surface area contributed by atoms with Gasteiger partial charge in [0.1, 0.15) is 11.8 Å². The molecule has 0 aliphatic carbocycles. The van der Waals surface area contributed by atoms with E-state index < -0.39 is 11.0 Å². The molecule has 1 aromatic rings. The van der Waals surface area contributed by atoms with E-state index in [1.807, 2.05) is 0 Å². The van der Waals surface area contributed by atoms with Gasteiger partial charge >= 0.3 is 0 Å². The Morgan fingerprint density at radius 2 is 2.29 bits per heavy atom. The van der Waals surface area contributed by atoms with Crippen LogP contribution in [0, 0.1) is 21.4 Å². The molecule has 1 aromatic carbocycles. The van der Waals surface area contributed by atoms with Crippen LogP contribution in [0.5, 0.6) is 5.75 Å². The van der Waals surface area contributed by atoms with Gasteiger partial charge in [0.2, 0.25) is 0 Å². The second kappa shape index (κ2) is 3.72. The summed E-state index contributed by atoms with van der Waals surface area (Å²) in [6, 6.07) is 3.96. The van der Waals surface area contributed by atoms with E-state index in [0.717, 1.165) is 12.1 Å². The van der Waals surface area contributed by atoms with E-state index in [2.05, 4.69) is 0 Å². The summed E-state index contributed by atoms with van der Waals surface area (Å²) in [5.41, 5.74) is 5.07. The predicted molar refractivity (Wildman–Crippen MR) is 47.3 cm³/mol. The van der Waals surface area contributed by atoms with Gasteiger partial charge in [0.25, 0.3) is 5.69 Å². The molecule has 0 radical (unpaired) electrons. The smallest absolute Gasteiger partial charge is 0.275 e. The van der Waals surface area contributed by atoms with Crippen LogP contribution in [-0.2, 0) is 0 Å². The molecule has 0 amide bonds. The van der Waals surface area contributed by atoms with E-state index in [1.54, 1.807) is 6.07 Å². The normalized spacial score (nSPS) is 11.7. The Labute approximate surface area is 79.3 Å². The molecule has 0 spiro atoms. The second-order valence-corrected chi connectivity index (χ2v) is 2.61. The second-order valence-electron chi connectivity index (χ2n) is 2.61. The number of nitrogens with zero attached hydrogens (tertiary/aromatic N) is 2. The number of hydrogen-bond acceptors (Lipinski definition) is 5. The summed E-state index contributed by atoms with van der Waals surface area (Å²) in [5, 5.41) is 28.1. The number of benzene rings is 1. The van der Waals surface area contributed by atoms with E-state index >= 15 is 0 Å². The molecule has 0 aliphatic rings. The molecule has 3 N–H and O–H groups in total. The molecule has 1 rings (SSSR count). The lowest BCUT2D eigenvalue weighted by atomic mass is 10.1. The monoisotopic (exact) mass is 193 g/mol. The van der Waals surface area contributed by atoms with Gasteiger partial charge in [-0.2, -0.15) is 5.26 Å². The van der Waals surface area contributed by atoms with E-state index in [-0.39, 0.29) is 17.0 Å². The van der Waals surface area contributed by atoms with Crippen molar-refractivity contribution < 1.29 is 10.0 Å². The van der Waals surface area contributed by atoms with Gasteiger partial charge in [0.15, 0.2) is 0 Å². The minimum Gasteiger partial charge on any atom is -0.508 e. The zero-order chi connectivity index (χ0) is 10.7. The number of nitro groups is 1. The van der Waals surface area contributed by atoms with Gasteiger partial charge in [0, 0.05) is 6.07 Å². The van der Waals surface area contributed by atoms with E-state index in [4.69, 9.17) is 16.1 Å². The van der Waals surface area contributed by atoms with Gasteiger partial charge in [0.05, 0.1) is 16.6 Å². The molecule has 1 atom stereocenters. The van der Waals surface area contributed by atoms with Crippen LogP contribution in [0.3, 0.4) is 0 Å².